The summed E-state index contributed by atoms with van der Waals surface area (Å²) in [6, 6.07) is 9.47. The third-order valence-electron chi connectivity index (χ3n) is 3.98. The molecule has 2 rings (SSSR count). The van der Waals surface area contributed by atoms with E-state index < -0.39 is 5.97 Å². The van der Waals surface area contributed by atoms with Crippen LogP contribution in [0.2, 0.25) is 0 Å². The molecule has 0 bridgehead atoms. The van der Waals surface area contributed by atoms with Gasteiger partial charge < -0.3 is 14.6 Å². The van der Waals surface area contributed by atoms with Gasteiger partial charge in [0.05, 0.1) is 13.5 Å². The van der Waals surface area contributed by atoms with Gasteiger partial charge in [-0.2, -0.15) is 0 Å². The Hall–Kier alpha value is -2.49. The summed E-state index contributed by atoms with van der Waals surface area (Å²) < 4.78 is 11.3. The molecule has 0 aliphatic carbocycles. The number of hydrogen-bond donors (Lipinski definition) is 1. The van der Waals surface area contributed by atoms with Crippen LogP contribution in [0.4, 0.5) is 0 Å². The Labute approximate surface area is 136 Å². The normalized spacial score (nSPS) is 10.4. The van der Waals surface area contributed by atoms with Crippen molar-refractivity contribution in [3.05, 3.63) is 58.1 Å². The van der Waals surface area contributed by atoms with Crippen molar-refractivity contribution in [2.45, 2.75) is 33.8 Å². The maximum Gasteiger partial charge on any atom is 0.307 e. The van der Waals surface area contributed by atoms with E-state index in [0.717, 1.165) is 33.6 Å². The number of benzene rings is 2. The fourth-order valence-electron chi connectivity index (χ4n) is 2.55. The number of methoxy groups -OCH3 is 1. The van der Waals surface area contributed by atoms with Crippen LogP contribution in [0.25, 0.3) is 0 Å². The molecular formula is C19H22O4. The number of carboxylic acid groups (broad SMARTS) is 1. The van der Waals surface area contributed by atoms with Crippen LogP contribution in [-0.4, -0.2) is 18.2 Å². The Kier molecular flexibility index (Phi) is 5.27. The van der Waals surface area contributed by atoms with Crippen LogP contribution in [0.5, 0.6) is 11.5 Å². The van der Waals surface area contributed by atoms with Crippen LogP contribution in [0.3, 0.4) is 0 Å². The maximum absolute atomic E-state index is 10.8. The second kappa shape index (κ2) is 7.18. The van der Waals surface area contributed by atoms with E-state index in [-0.39, 0.29) is 6.42 Å². The molecule has 0 aromatic heterocycles. The summed E-state index contributed by atoms with van der Waals surface area (Å²) >= 11 is 0. The van der Waals surface area contributed by atoms with Crippen LogP contribution in [0, 0.1) is 20.8 Å². The zero-order valence-electron chi connectivity index (χ0n) is 14.0. The van der Waals surface area contributed by atoms with E-state index in [2.05, 4.69) is 0 Å². The van der Waals surface area contributed by atoms with E-state index in [9.17, 15) is 4.79 Å². The predicted molar refractivity (Wildman–Crippen MR) is 89.3 cm³/mol. The van der Waals surface area contributed by atoms with Crippen LogP contribution >= 0.6 is 0 Å². The average molecular weight is 314 g/mol. The number of aliphatic carboxylic acids is 1. The van der Waals surface area contributed by atoms with E-state index in [4.69, 9.17) is 14.6 Å². The highest BCUT2D eigenvalue weighted by molar-refractivity contribution is 5.70. The first kappa shape index (κ1) is 16.9. The minimum atomic E-state index is -0.848. The van der Waals surface area contributed by atoms with Gasteiger partial charge in [0.15, 0.2) is 0 Å². The molecular weight excluding hydrogens is 292 g/mol. The van der Waals surface area contributed by atoms with Gasteiger partial charge in [0, 0.05) is 0 Å². The lowest BCUT2D eigenvalue weighted by Gasteiger charge is -2.16. The fraction of sp³-hybridized carbons (Fsp3) is 0.316. The van der Waals surface area contributed by atoms with Gasteiger partial charge in [-0.3, -0.25) is 4.79 Å². The van der Waals surface area contributed by atoms with E-state index in [0.29, 0.717) is 12.4 Å². The van der Waals surface area contributed by atoms with E-state index in [1.807, 2.05) is 45.0 Å². The van der Waals surface area contributed by atoms with Gasteiger partial charge in [-0.05, 0) is 60.7 Å². The molecule has 0 unspecified atom stereocenters. The Morgan fingerprint density at radius 2 is 1.74 bits per heavy atom. The van der Waals surface area contributed by atoms with Gasteiger partial charge >= 0.3 is 5.97 Å². The molecule has 0 aliphatic rings. The molecule has 0 atom stereocenters. The highest BCUT2D eigenvalue weighted by atomic mass is 16.5. The largest absolute Gasteiger partial charge is 0.496 e. The molecule has 0 radical (unpaired) electrons. The van der Waals surface area contributed by atoms with Gasteiger partial charge in [0.1, 0.15) is 18.1 Å². The average Bonchev–Trinajstić information content (AvgIpc) is 2.49. The number of hydrogen-bond acceptors (Lipinski definition) is 3. The monoisotopic (exact) mass is 314 g/mol. The molecule has 2 aromatic carbocycles. The predicted octanol–water partition coefficient (Wildman–Crippen LogP) is 3.83. The molecule has 0 heterocycles. The second-order valence-electron chi connectivity index (χ2n) is 5.65. The highest BCUT2D eigenvalue weighted by Crippen LogP contribution is 2.27. The van der Waals surface area contributed by atoms with Crippen molar-refractivity contribution < 1.29 is 19.4 Å². The first-order valence-electron chi connectivity index (χ1n) is 7.49. The molecule has 0 aliphatic heterocycles. The lowest BCUT2D eigenvalue weighted by Crippen LogP contribution is -2.05. The summed E-state index contributed by atoms with van der Waals surface area (Å²) in [4.78, 5) is 10.8. The Bertz CT molecular complexity index is 720. The Morgan fingerprint density at radius 3 is 2.39 bits per heavy atom. The van der Waals surface area contributed by atoms with Crippen LogP contribution in [-0.2, 0) is 17.8 Å². The summed E-state index contributed by atoms with van der Waals surface area (Å²) in [5.41, 5.74) is 5.01. The number of ether oxygens (including phenoxy) is 2. The van der Waals surface area contributed by atoms with Crippen molar-refractivity contribution in [3.63, 3.8) is 0 Å². The zero-order chi connectivity index (χ0) is 17.0. The Balaban J connectivity index is 2.23. The zero-order valence-corrected chi connectivity index (χ0v) is 14.0. The van der Waals surface area contributed by atoms with Crippen molar-refractivity contribution in [2.24, 2.45) is 0 Å². The number of carbonyl (C=O) groups is 1. The summed E-state index contributed by atoms with van der Waals surface area (Å²) in [5, 5.41) is 8.91. The topological polar surface area (TPSA) is 55.8 Å². The quantitative estimate of drug-likeness (QED) is 0.880. The Morgan fingerprint density at radius 1 is 1.04 bits per heavy atom. The van der Waals surface area contributed by atoms with Crippen LogP contribution in [0.15, 0.2) is 30.3 Å². The second-order valence-corrected chi connectivity index (χ2v) is 5.65. The van der Waals surface area contributed by atoms with Gasteiger partial charge in [0.25, 0.3) is 0 Å². The van der Waals surface area contributed by atoms with E-state index in [1.54, 1.807) is 13.2 Å². The number of carboxylic acids is 1. The number of aryl methyl sites for hydroxylation is 2. The SMILES string of the molecule is COc1ccc(C)c(COc2cc(CC(=O)O)ccc2C)c1C. The summed E-state index contributed by atoms with van der Waals surface area (Å²) in [6.07, 6.45) is -0.00610. The molecule has 122 valence electrons. The molecule has 23 heavy (non-hydrogen) atoms. The smallest absolute Gasteiger partial charge is 0.307 e. The van der Waals surface area contributed by atoms with Gasteiger partial charge in [-0.15, -0.1) is 0 Å². The van der Waals surface area contributed by atoms with Crippen LogP contribution < -0.4 is 9.47 Å². The van der Waals surface area contributed by atoms with Crippen LogP contribution in [0.1, 0.15) is 27.8 Å². The standard InChI is InChI=1S/C19H22O4/c1-12-6-8-17(22-4)14(3)16(12)11-23-18-9-15(10-19(20)21)7-5-13(18)2/h5-9H,10-11H2,1-4H3,(H,20,21). The first-order valence-corrected chi connectivity index (χ1v) is 7.49. The molecule has 0 amide bonds. The van der Waals surface area contributed by atoms with E-state index >= 15 is 0 Å². The lowest BCUT2D eigenvalue weighted by molar-refractivity contribution is -0.136. The molecule has 2 aromatic rings. The van der Waals surface area contributed by atoms with Crippen molar-refractivity contribution in [1.82, 2.24) is 0 Å². The third-order valence-corrected chi connectivity index (χ3v) is 3.98. The van der Waals surface area contributed by atoms with Crippen molar-refractivity contribution >= 4 is 5.97 Å². The highest BCUT2D eigenvalue weighted by Gasteiger charge is 2.10. The molecule has 4 heteroatoms. The fourth-order valence-corrected chi connectivity index (χ4v) is 2.55. The van der Waals surface area contributed by atoms with Gasteiger partial charge in [0.2, 0.25) is 0 Å². The van der Waals surface area contributed by atoms with Gasteiger partial charge in [-0.25, -0.2) is 0 Å². The molecule has 4 nitrogen and oxygen atoms in total. The lowest BCUT2D eigenvalue weighted by atomic mass is 10.0. The molecule has 0 fully saturated rings. The minimum Gasteiger partial charge on any atom is -0.496 e. The third kappa shape index (κ3) is 4.03. The maximum atomic E-state index is 10.8. The molecule has 0 saturated carbocycles. The van der Waals surface area contributed by atoms with Crippen molar-refractivity contribution in [3.8, 4) is 11.5 Å². The summed E-state index contributed by atoms with van der Waals surface area (Å²) in [7, 11) is 1.65. The molecule has 1 N–H and O–H groups in total. The van der Waals surface area contributed by atoms with Crippen molar-refractivity contribution in [1.29, 1.82) is 0 Å². The summed E-state index contributed by atoms with van der Waals surface area (Å²) in [5.74, 6) is 0.704. The van der Waals surface area contributed by atoms with Crippen molar-refractivity contribution in [2.75, 3.05) is 7.11 Å². The molecule has 0 saturated heterocycles. The summed E-state index contributed by atoms with van der Waals surface area (Å²) in [6.45, 7) is 6.43. The minimum absolute atomic E-state index is 0.00610. The van der Waals surface area contributed by atoms with E-state index in [1.165, 1.54) is 0 Å². The first-order chi connectivity index (χ1) is 10.9. The number of rotatable bonds is 6. The molecule has 0 spiro atoms. The van der Waals surface area contributed by atoms with Gasteiger partial charge in [-0.1, -0.05) is 18.2 Å².